The summed E-state index contributed by atoms with van der Waals surface area (Å²) in [5.74, 6) is 0.187. The molecule has 0 aliphatic carbocycles. The molecule has 4 aromatic rings. The van der Waals surface area contributed by atoms with E-state index < -0.39 is 5.91 Å². The second-order valence-electron chi connectivity index (χ2n) is 5.73. The number of carbonyl (C=O) groups excluding carboxylic acids is 1. The summed E-state index contributed by atoms with van der Waals surface area (Å²) in [6.07, 6.45) is 3.25. The number of benzene rings is 1. The van der Waals surface area contributed by atoms with Crippen LogP contribution in [-0.4, -0.2) is 30.8 Å². The standard InChI is InChI=1S/C19H14N6O3/c26-17-7-6-15(23-25(17)14-4-2-1-3-5-14)19(27)21-12-16-22-18(24-28-16)13-8-10-20-11-9-13/h1-11H,12H2,(H,21,27). The van der Waals surface area contributed by atoms with Crippen molar-refractivity contribution >= 4 is 5.91 Å². The number of pyridine rings is 1. The highest BCUT2D eigenvalue weighted by Crippen LogP contribution is 2.13. The maximum atomic E-state index is 12.4. The Morgan fingerprint density at radius 1 is 1.04 bits per heavy atom. The van der Waals surface area contributed by atoms with Gasteiger partial charge in [0.2, 0.25) is 11.7 Å². The van der Waals surface area contributed by atoms with Gasteiger partial charge in [0.25, 0.3) is 11.5 Å². The van der Waals surface area contributed by atoms with E-state index in [9.17, 15) is 9.59 Å². The van der Waals surface area contributed by atoms with Crippen molar-refractivity contribution in [3.8, 4) is 17.1 Å². The molecule has 0 saturated carbocycles. The summed E-state index contributed by atoms with van der Waals surface area (Å²) in [5, 5.41) is 10.7. The van der Waals surface area contributed by atoms with E-state index in [2.05, 4.69) is 25.5 Å². The monoisotopic (exact) mass is 374 g/mol. The summed E-state index contributed by atoms with van der Waals surface area (Å²) >= 11 is 0. The third kappa shape index (κ3) is 3.68. The Balaban J connectivity index is 1.48. The number of hydrogen-bond donors (Lipinski definition) is 1. The number of rotatable bonds is 5. The second kappa shape index (κ2) is 7.62. The molecule has 1 amide bonds. The fraction of sp³-hybridized carbons (Fsp3) is 0.0526. The van der Waals surface area contributed by atoms with Gasteiger partial charge >= 0.3 is 0 Å². The third-order valence-corrected chi connectivity index (χ3v) is 3.84. The molecule has 138 valence electrons. The lowest BCUT2D eigenvalue weighted by atomic mass is 10.2. The molecule has 4 rings (SSSR count). The summed E-state index contributed by atoms with van der Waals surface area (Å²) < 4.78 is 6.32. The lowest BCUT2D eigenvalue weighted by Crippen LogP contribution is -2.28. The van der Waals surface area contributed by atoms with Crippen LogP contribution in [0.2, 0.25) is 0 Å². The lowest BCUT2D eigenvalue weighted by Gasteiger charge is -2.06. The van der Waals surface area contributed by atoms with Crippen molar-refractivity contribution in [2.45, 2.75) is 6.54 Å². The van der Waals surface area contributed by atoms with E-state index in [1.165, 1.54) is 16.8 Å². The van der Waals surface area contributed by atoms with Gasteiger partial charge in [0.1, 0.15) is 5.69 Å². The van der Waals surface area contributed by atoms with Crippen LogP contribution in [0.3, 0.4) is 0 Å². The molecular weight excluding hydrogens is 360 g/mol. The molecular formula is C19H14N6O3. The lowest BCUT2D eigenvalue weighted by molar-refractivity contribution is 0.0939. The molecule has 0 atom stereocenters. The van der Waals surface area contributed by atoms with Gasteiger partial charge in [-0.15, -0.1) is 0 Å². The van der Waals surface area contributed by atoms with Gasteiger partial charge in [0.05, 0.1) is 12.2 Å². The third-order valence-electron chi connectivity index (χ3n) is 3.84. The Bertz CT molecular complexity index is 1160. The molecule has 0 unspecified atom stereocenters. The van der Waals surface area contributed by atoms with Crippen LogP contribution in [0.15, 0.2) is 76.3 Å². The van der Waals surface area contributed by atoms with E-state index >= 15 is 0 Å². The Labute approximate surface area is 158 Å². The molecule has 0 aliphatic heterocycles. The van der Waals surface area contributed by atoms with Gasteiger partial charge in [-0.05, 0) is 30.3 Å². The minimum absolute atomic E-state index is 0.0308. The van der Waals surface area contributed by atoms with Crippen LogP contribution in [0.4, 0.5) is 0 Å². The zero-order valence-electron chi connectivity index (χ0n) is 14.5. The van der Waals surface area contributed by atoms with Crippen molar-refractivity contribution in [2.24, 2.45) is 0 Å². The van der Waals surface area contributed by atoms with Gasteiger partial charge in [0, 0.05) is 24.0 Å². The van der Waals surface area contributed by atoms with Crippen LogP contribution in [0, 0.1) is 0 Å². The normalized spacial score (nSPS) is 10.6. The van der Waals surface area contributed by atoms with Crippen LogP contribution in [0.5, 0.6) is 0 Å². The summed E-state index contributed by atoms with van der Waals surface area (Å²) in [5.41, 5.74) is 1.09. The zero-order chi connectivity index (χ0) is 19.3. The Hall–Kier alpha value is -4.14. The quantitative estimate of drug-likeness (QED) is 0.564. The second-order valence-corrected chi connectivity index (χ2v) is 5.73. The molecule has 0 fully saturated rings. The average molecular weight is 374 g/mol. The first-order chi connectivity index (χ1) is 13.7. The number of para-hydroxylation sites is 1. The van der Waals surface area contributed by atoms with Crippen LogP contribution in [0.1, 0.15) is 16.4 Å². The molecule has 0 bridgehead atoms. The minimum Gasteiger partial charge on any atom is -0.342 e. The highest BCUT2D eigenvalue weighted by atomic mass is 16.5. The smallest absolute Gasteiger partial charge is 0.272 e. The number of nitrogens with zero attached hydrogens (tertiary/aromatic N) is 5. The zero-order valence-corrected chi connectivity index (χ0v) is 14.5. The molecule has 9 heteroatoms. The van der Waals surface area contributed by atoms with Crippen molar-refractivity contribution in [2.75, 3.05) is 0 Å². The van der Waals surface area contributed by atoms with E-state index in [1.54, 1.807) is 48.8 Å². The molecule has 0 spiro atoms. The van der Waals surface area contributed by atoms with Crippen molar-refractivity contribution in [1.82, 2.24) is 30.2 Å². The van der Waals surface area contributed by atoms with E-state index in [0.29, 0.717) is 11.5 Å². The minimum atomic E-state index is -0.464. The first-order valence-corrected chi connectivity index (χ1v) is 8.38. The van der Waals surface area contributed by atoms with Crippen molar-refractivity contribution in [3.63, 3.8) is 0 Å². The first-order valence-electron chi connectivity index (χ1n) is 8.38. The molecule has 9 nitrogen and oxygen atoms in total. The Morgan fingerprint density at radius 2 is 1.82 bits per heavy atom. The Morgan fingerprint density at radius 3 is 2.61 bits per heavy atom. The summed E-state index contributed by atoms with van der Waals surface area (Å²) in [4.78, 5) is 32.6. The maximum Gasteiger partial charge on any atom is 0.272 e. The highest BCUT2D eigenvalue weighted by molar-refractivity contribution is 5.91. The topological polar surface area (TPSA) is 116 Å². The van der Waals surface area contributed by atoms with Crippen LogP contribution in [0.25, 0.3) is 17.1 Å². The van der Waals surface area contributed by atoms with Gasteiger partial charge in [0.15, 0.2) is 0 Å². The van der Waals surface area contributed by atoms with Crippen molar-refractivity contribution in [3.05, 3.63) is 88.9 Å². The summed E-state index contributed by atoms with van der Waals surface area (Å²) in [6.45, 7) is 0.0308. The van der Waals surface area contributed by atoms with Gasteiger partial charge in [-0.1, -0.05) is 23.4 Å². The molecule has 1 aromatic carbocycles. The van der Waals surface area contributed by atoms with Gasteiger partial charge in [-0.25, -0.2) is 0 Å². The number of hydrogen-bond acceptors (Lipinski definition) is 7. The van der Waals surface area contributed by atoms with Crippen molar-refractivity contribution < 1.29 is 9.32 Å². The van der Waals surface area contributed by atoms with Gasteiger partial charge in [-0.2, -0.15) is 14.8 Å². The molecule has 3 aromatic heterocycles. The van der Waals surface area contributed by atoms with E-state index in [0.717, 1.165) is 5.56 Å². The fourth-order valence-electron chi connectivity index (χ4n) is 2.48. The first kappa shape index (κ1) is 17.3. The number of aromatic nitrogens is 5. The molecule has 3 heterocycles. The largest absolute Gasteiger partial charge is 0.342 e. The maximum absolute atomic E-state index is 12.4. The van der Waals surface area contributed by atoms with E-state index in [-0.39, 0.29) is 23.7 Å². The summed E-state index contributed by atoms with van der Waals surface area (Å²) in [6, 6.07) is 15.0. The molecule has 0 saturated heterocycles. The fourth-order valence-corrected chi connectivity index (χ4v) is 2.48. The average Bonchev–Trinajstić information content (AvgIpc) is 3.23. The molecule has 0 radical (unpaired) electrons. The predicted octanol–water partition coefficient (Wildman–Crippen LogP) is 1.61. The van der Waals surface area contributed by atoms with Gasteiger partial charge < -0.3 is 9.84 Å². The molecule has 1 N–H and O–H groups in total. The summed E-state index contributed by atoms with van der Waals surface area (Å²) in [7, 11) is 0. The Kier molecular flexibility index (Phi) is 4.70. The predicted molar refractivity (Wildman–Crippen MR) is 98.5 cm³/mol. The number of amides is 1. The molecule has 28 heavy (non-hydrogen) atoms. The number of carbonyl (C=O) groups is 1. The van der Waals surface area contributed by atoms with Crippen molar-refractivity contribution in [1.29, 1.82) is 0 Å². The SMILES string of the molecule is O=C(NCc1nc(-c2ccncc2)no1)c1ccc(=O)n(-c2ccccc2)n1. The van der Waals surface area contributed by atoms with Crippen LogP contribution in [-0.2, 0) is 6.54 Å². The molecule has 0 aliphatic rings. The van der Waals surface area contributed by atoms with Crippen LogP contribution < -0.4 is 10.9 Å². The van der Waals surface area contributed by atoms with E-state index in [1.807, 2.05) is 6.07 Å². The van der Waals surface area contributed by atoms with Gasteiger partial charge in [-0.3, -0.25) is 14.6 Å². The van der Waals surface area contributed by atoms with E-state index in [4.69, 9.17) is 4.52 Å². The number of nitrogens with one attached hydrogen (secondary N) is 1. The highest BCUT2D eigenvalue weighted by Gasteiger charge is 2.13. The van der Waals surface area contributed by atoms with Crippen LogP contribution >= 0.6 is 0 Å².